The zero-order valence-corrected chi connectivity index (χ0v) is 22.8. The molecule has 1 aliphatic heterocycles. The maximum absolute atomic E-state index is 12.6. The number of carbonyl (C=O) groups excluding carboxylic acids is 2. The van der Waals surface area contributed by atoms with E-state index in [1.54, 1.807) is 30.3 Å². The Morgan fingerprint density at radius 2 is 2.05 bits per heavy atom. The highest BCUT2D eigenvalue weighted by Gasteiger charge is 2.35. The van der Waals surface area contributed by atoms with E-state index in [0.717, 1.165) is 0 Å². The van der Waals surface area contributed by atoms with Gasteiger partial charge in [0, 0.05) is 22.7 Å². The van der Waals surface area contributed by atoms with Gasteiger partial charge in [0.05, 0.1) is 49.4 Å². The number of quaternary nitrogens is 1. The van der Waals surface area contributed by atoms with Gasteiger partial charge in [-0.1, -0.05) is 17.5 Å². The number of hydrogen-bond donors (Lipinski definition) is 3. The molecular weight excluding hydrogens is 550 g/mol. The first-order valence-electron chi connectivity index (χ1n) is 12.1. The third-order valence-electron chi connectivity index (χ3n) is 6.04. The number of hydrogen-bond acceptors (Lipinski definition) is 9. The molecule has 0 radical (unpaired) electrons. The fourth-order valence-corrected chi connectivity index (χ4v) is 4.31. The molecule has 1 aromatic carbocycles. The molecule has 4 rings (SSSR count). The number of pyridine rings is 1. The van der Waals surface area contributed by atoms with Crippen molar-refractivity contribution >= 4 is 57.4 Å². The van der Waals surface area contributed by atoms with Crippen LogP contribution in [0.1, 0.15) is 12.0 Å². The summed E-state index contributed by atoms with van der Waals surface area (Å²) < 4.78 is 0.269. The average molecular weight is 575 g/mol. The van der Waals surface area contributed by atoms with Gasteiger partial charge in [-0.05, 0) is 40.3 Å². The zero-order valence-electron chi connectivity index (χ0n) is 22.1. The average Bonchev–Trinajstić information content (AvgIpc) is 3.33. The van der Waals surface area contributed by atoms with Gasteiger partial charge >= 0.3 is 5.82 Å². The Hall–Kier alpha value is -5.19. The number of benzene rings is 1. The van der Waals surface area contributed by atoms with Gasteiger partial charge in [-0.15, -0.1) is 6.42 Å². The number of amides is 2. The van der Waals surface area contributed by atoms with Crippen molar-refractivity contribution in [2.45, 2.75) is 6.42 Å². The van der Waals surface area contributed by atoms with Crippen LogP contribution in [0.25, 0.3) is 10.9 Å². The van der Waals surface area contributed by atoms with E-state index in [0.29, 0.717) is 45.1 Å². The fraction of sp³-hybridized carbons (Fsp3) is 0.185. The monoisotopic (exact) mass is 574 g/mol. The third-order valence-corrected chi connectivity index (χ3v) is 6.37. The third kappa shape index (κ3) is 7.07. The second kappa shape index (κ2) is 11.9. The van der Waals surface area contributed by atoms with Crippen molar-refractivity contribution in [1.29, 1.82) is 0 Å². The molecule has 208 valence electrons. The van der Waals surface area contributed by atoms with Gasteiger partial charge < -0.3 is 31.0 Å². The van der Waals surface area contributed by atoms with Gasteiger partial charge in [0.1, 0.15) is 24.5 Å². The minimum Gasteiger partial charge on any atom is -0.363 e. The van der Waals surface area contributed by atoms with Crippen LogP contribution in [-0.2, 0) is 9.59 Å². The van der Waals surface area contributed by atoms with Crippen LogP contribution in [-0.4, -0.2) is 69.1 Å². The number of nitro groups is 1. The molecule has 1 aliphatic rings. The molecule has 0 aliphatic carbocycles. The Labute approximate surface area is 239 Å². The van der Waals surface area contributed by atoms with Crippen molar-refractivity contribution in [2.75, 3.05) is 37.8 Å². The summed E-state index contributed by atoms with van der Waals surface area (Å²) >= 11 is 6.10. The lowest BCUT2D eigenvalue weighted by atomic mass is 10.1. The molecule has 4 N–H and O–H groups in total. The van der Waals surface area contributed by atoms with Crippen LogP contribution in [0, 0.1) is 22.5 Å². The number of halogens is 1. The second-order valence-corrected chi connectivity index (χ2v) is 10.1. The molecule has 0 bridgehead atoms. The van der Waals surface area contributed by atoms with Crippen molar-refractivity contribution in [3.05, 3.63) is 81.0 Å². The summed E-state index contributed by atoms with van der Waals surface area (Å²) in [5.41, 5.74) is 7.35. The lowest BCUT2D eigenvalue weighted by Gasteiger charge is -2.28. The standard InChI is InChI=1S/C27H24ClN9O4/c1-4-16-10-18(7-8-20(16)28)33-26-19-12-23(30-13-22(19)31-15-32-26)35-24(38)6-5-9-37(2,3)14-17-11-21(25(29)39)34-27(17)36(40)41/h1,5-8,10,12-13,15H,9,11,14H2,2-3H3,(H3-,29,30,31,32,33,34,35,38,39)/p+1/b6-5+. The van der Waals surface area contributed by atoms with Gasteiger partial charge in [-0.3, -0.25) is 9.59 Å². The molecule has 0 saturated heterocycles. The fourth-order valence-electron chi connectivity index (χ4n) is 4.14. The molecule has 14 heteroatoms. The van der Waals surface area contributed by atoms with Gasteiger partial charge in [0.25, 0.3) is 5.91 Å². The van der Waals surface area contributed by atoms with E-state index in [4.69, 9.17) is 23.8 Å². The molecule has 0 saturated carbocycles. The molecule has 0 atom stereocenters. The first kappa shape index (κ1) is 28.8. The summed E-state index contributed by atoms with van der Waals surface area (Å²) in [6.07, 6.45) is 11.4. The van der Waals surface area contributed by atoms with Crippen LogP contribution in [0.4, 0.5) is 17.3 Å². The predicted octanol–water partition coefficient (Wildman–Crippen LogP) is 2.79. The smallest absolute Gasteiger partial charge is 0.363 e. The highest BCUT2D eigenvalue weighted by Crippen LogP contribution is 2.27. The van der Waals surface area contributed by atoms with Crippen molar-refractivity contribution in [1.82, 2.24) is 15.0 Å². The lowest BCUT2D eigenvalue weighted by molar-refractivity contribution is -0.880. The SMILES string of the molecule is C#Cc1cc(Nc2ncnc3cnc(NC(=O)/C=C/C[N+](C)(C)CC4=C([N+](=O)[O-])N=C(C(N)=O)C4)cc23)ccc1Cl. The molecule has 41 heavy (non-hydrogen) atoms. The topological polar surface area (TPSA) is 178 Å². The van der Waals surface area contributed by atoms with Crippen LogP contribution >= 0.6 is 11.6 Å². The maximum atomic E-state index is 12.6. The van der Waals surface area contributed by atoms with Crippen molar-refractivity contribution < 1.29 is 19.0 Å². The van der Waals surface area contributed by atoms with E-state index in [2.05, 4.69) is 36.5 Å². The minimum atomic E-state index is -0.791. The molecule has 2 aromatic heterocycles. The van der Waals surface area contributed by atoms with Crippen LogP contribution in [0.3, 0.4) is 0 Å². The zero-order chi connectivity index (χ0) is 29.7. The quantitative estimate of drug-likeness (QED) is 0.109. The largest absolute Gasteiger partial charge is 0.369 e. The van der Waals surface area contributed by atoms with Gasteiger partial charge in [0.2, 0.25) is 11.6 Å². The normalized spacial score (nSPS) is 13.3. The summed E-state index contributed by atoms with van der Waals surface area (Å²) in [4.78, 5) is 51.4. The van der Waals surface area contributed by atoms with Crippen molar-refractivity contribution in [2.24, 2.45) is 10.7 Å². The minimum absolute atomic E-state index is 0.0226. The van der Waals surface area contributed by atoms with E-state index in [9.17, 15) is 19.7 Å². The number of fused-ring (bicyclic) bond motifs is 1. The molecule has 3 aromatic rings. The number of anilines is 3. The van der Waals surface area contributed by atoms with Crippen molar-refractivity contribution in [3.8, 4) is 12.3 Å². The van der Waals surface area contributed by atoms with Gasteiger partial charge in [-0.2, -0.15) is 0 Å². The van der Waals surface area contributed by atoms with Crippen LogP contribution in [0.2, 0.25) is 5.02 Å². The van der Waals surface area contributed by atoms with E-state index >= 15 is 0 Å². The molecule has 13 nitrogen and oxygen atoms in total. The summed E-state index contributed by atoms with van der Waals surface area (Å²) in [6, 6.07) is 6.80. The molecule has 0 unspecified atom stereocenters. The summed E-state index contributed by atoms with van der Waals surface area (Å²) in [6.45, 7) is 0.600. The van der Waals surface area contributed by atoms with Crippen LogP contribution in [0.5, 0.6) is 0 Å². The van der Waals surface area contributed by atoms with E-state index in [1.165, 1.54) is 18.6 Å². The summed E-state index contributed by atoms with van der Waals surface area (Å²) in [5, 5.41) is 18.3. The number of rotatable bonds is 10. The highest BCUT2D eigenvalue weighted by molar-refractivity contribution is 6.39. The molecule has 0 fully saturated rings. The highest BCUT2D eigenvalue weighted by atomic mass is 35.5. The Bertz CT molecular complexity index is 1710. The van der Waals surface area contributed by atoms with E-state index in [1.807, 2.05) is 14.1 Å². The molecular formula is C27H25ClN9O4+. The first-order valence-corrected chi connectivity index (χ1v) is 12.5. The number of nitrogens with two attached hydrogens (primary N) is 1. The van der Waals surface area contributed by atoms with E-state index in [-0.39, 0.29) is 34.8 Å². The summed E-state index contributed by atoms with van der Waals surface area (Å²) in [5.74, 6) is 1.70. The lowest BCUT2D eigenvalue weighted by Crippen LogP contribution is -2.41. The second-order valence-electron chi connectivity index (χ2n) is 9.72. The first-order chi connectivity index (χ1) is 19.5. The maximum Gasteiger partial charge on any atom is 0.369 e. The van der Waals surface area contributed by atoms with Crippen LogP contribution < -0.4 is 16.4 Å². The number of nitrogens with zero attached hydrogens (tertiary/aromatic N) is 6. The number of nitrogens with one attached hydrogen (secondary N) is 2. The Morgan fingerprint density at radius 3 is 2.76 bits per heavy atom. The van der Waals surface area contributed by atoms with Gasteiger partial charge in [-0.25, -0.2) is 15.0 Å². The Kier molecular flexibility index (Phi) is 8.37. The van der Waals surface area contributed by atoms with Crippen molar-refractivity contribution in [3.63, 3.8) is 0 Å². The number of primary amides is 1. The Morgan fingerprint density at radius 1 is 1.27 bits per heavy atom. The Balaban J connectivity index is 1.42. The number of aromatic nitrogens is 3. The predicted molar refractivity (Wildman–Crippen MR) is 155 cm³/mol. The number of likely N-dealkylation sites (N-methyl/N-ethyl adjacent to an activating group) is 1. The van der Waals surface area contributed by atoms with Gasteiger partial charge in [0.15, 0.2) is 0 Å². The van der Waals surface area contributed by atoms with E-state index < -0.39 is 16.7 Å². The summed E-state index contributed by atoms with van der Waals surface area (Å²) in [7, 11) is 3.67. The number of carbonyl (C=O) groups is 2. The molecule has 3 heterocycles. The van der Waals surface area contributed by atoms with Crippen LogP contribution in [0.15, 0.2) is 65.3 Å². The molecule has 2 amide bonds. The number of terminal acetylenes is 1. The number of aliphatic imine (C=N–C) groups is 1. The molecule has 0 spiro atoms.